The van der Waals surface area contributed by atoms with Gasteiger partial charge in [-0.25, -0.2) is 0 Å². The van der Waals surface area contributed by atoms with Gasteiger partial charge in [-0.3, -0.25) is 0 Å². The zero-order valence-corrected chi connectivity index (χ0v) is 13.5. The second-order valence-corrected chi connectivity index (χ2v) is 6.42. The van der Waals surface area contributed by atoms with E-state index < -0.39 is 0 Å². The van der Waals surface area contributed by atoms with Gasteiger partial charge in [-0.2, -0.15) is 0 Å². The van der Waals surface area contributed by atoms with Crippen molar-refractivity contribution >= 4 is 0 Å². The van der Waals surface area contributed by atoms with Crippen LogP contribution >= 0.6 is 0 Å². The third kappa shape index (κ3) is 5.54. The van der Waals surface area contributed by atoms with Crippen molar-refractivity contribution in [3.8, 4) is 5.75 Å². The molecule has 2 nitrogen and oxygen atoms in total. The summed E-state index contributed by atoms with van der Waals surface area (Å²) in [4.78, 5) is 0. The summed E-state index contributed by atoms with van der Waals surface area (Å²) in [5, 5.41) is 8.74. The van der Waals surface area contributed by atoms with E-state index in [1.165, 1.54) is 11.1 Å². The van der Waals surface area contributed by atoms with Crippen molar-refractivity contribution in [1.82, 2.24) is 0 Å². The monoisotopic (exact) mass is 278 g/mol. The lowest BCUT2D eigenvalue weighted by Crippen LogP contribution is -2.14. The van der Waals surface area contributed by atoms with Crippen LogP contribution in [0, 0.1) is 0 Å². The highest BCUT2D eigenvalue weighted by Gasteiger charge is 2.19. The van der Waals surface area contributed by atoms with Gasteiger partial charge in [0.15, 0.2) is 0 Å². The van der Waals surface area contributed by atoms with Gasteiger partial charge in [-0.15, -0.1) is 0 Å². The van der Waals surface area contributed by atoms with E-state index >= 15 is 0 Å². The lowest BCUT2D eigenvalue weighted by molar-refractivity contribution is 0.271. The molecule has 0 unspecified atom stereocenters. The summed E-state index contributed by atoms with van der Waals surface area (Å²) >= 11 is 0. The van der Waals surface area contributed by atoms with Crippen LogP contribution < -0.4 is 4.74 Å². The zero-order chi connectivity index (χ0) is 15.0. The molecule has 0 atom stereocenters. The third-order valence-electron chi connectivity index (χ3n) is 3.57. The summed E-state index contributed by atoms with van der Waals surface area (Å²) in [6, 6.07) is 6.56. The maximum absolute atomic E-state index is 8.74. The largest absolute Gasteiger partial charge is 0.493 e. The zero-order valence-electron chi connectivity index (χ0n) is 13.5. The van der Waals surface area contributed by atoms with Gasteiger partial charge >= 0.3 is 0 Å². The minimum Gasteiger partial charge on any atom is -0.493 e. The molecule has 0 spiro atoms. The second kappa shape index (κ2) is 8.31. The fourth-order valence-corrected chi connectivity index (χ4v) is 2.26. The van der Waals surface area contributed by atoms with Gasteiger partial charge in [0.25, 0.3) is 0 Å². The molecule has 0 bridgehead atoms. The molecule has 0 saturated heterocycles. The van der Waals surface area contributed by atoms with E-state index in [-0.39, 0.29) is 5.41 Å². The maximum atomic E-state index is 8.74. The molecule has 1 aromatic rings. The van der Waals surface area contributed by atoms with Gasteiger partial charge in [0.05, 0.1) is 6.61 Å². The third-order valence-corrected chi connectivity index (χ3v) is 3.57. The first-order valence-electron chi connectivity index (χ1n) is 7.86. The Bertz CT molecular complexity index is 391. The predicted octanol–water partition coefficient (Wildman–Crippen LogP) is 4.48. The highest BCUT2D eigenvalue weighted by atomic mass is 16.5. The Morgan fingerprint density at radius 3 is 2.35 bits per heavy atom. The average Bonchev–Trinajstić information content (AvgIpc) is 2.41. The molecule has 114 valence electrons. The molecule has 20 heavy (non-hydrogen) atoms. The number of rotatable bonds is 8. The van der Waals surface area contributed by atoms with Crippen molar-refractivity contribution in [2.75, 3.05) is 13.2 Å². The van der Waals surface area contributed by atoms with Crippen molar-refractivity contribution in [3.63, 3.8) is 0 Å². The Hall–Kier alpha value is -1.02. The molecule has 1 N–H and O–H groups in total. The van der Waals surface area contributed by atoms with E-state index in [9.17, 15) is 0 Å². The van der Waals surface area contributed by atoms with Crippen molar-refractivity contribution in [1.29, 1.82) is 0 Å². The van der Waals surface area contributed by atoms with Crippen LogP contribution in [0.5, 0.6) is 5.75 Å². The summed E-state index contributed by atoms with van der Waals surface area (Å²) < 4.78 is 5.98. The molecule has 0 radical (unpaired) electrons. The maximum Gasteiger partial charge on any atom is 0.123 e. The van der Waals surface area contributed by atoms with Crippen molar-refractivity contribution in [2.24, 2.45) is 0 Å². The van der Waals surface area contributed by atoms with Crippen LogP contribution in [-0.2, 0) is 11.8 Å². The van der Waals surface area contributed by atoms with Gasteiger partial charge in [-0.05, 0) is 48.3 Å². The first kappa shape index (κ1) is 17.0. The first-order chi connectivity index (χ1) is 9.49. The van der Waals surface area contributed by atoms with Gasteiger partial charge in [-0.1, -0.05) is 46.2 Å². The quantitative estimate of drug-likeness (QED) is 0.711. The average molecular weight is 278 g/mol. The lowest BCUT2D eigenvalue weighted by atomic mass is 9.85. The van der Waals surface area contributed by atoms with Gasteiger partial charge < -0.3 is 9.84 Å². The molecule has 0 heterocycles. The molecule has 0 amide bonds. The smallest absolute Gasteiger partial charge is 0.123 e. The summed E-state index contributed by atoms with van der Waals surface area (Å²) in [7, 11) is 0. The molecule has 1 rings (SSSR count). The highest BCUT2D eigenvalue weighted by molar-refractivity contribution is 5.41. The number of ether oxygens (including phenoxy) is 1. The van der Waals surface area contributed by atoms with Crippen LogP contribution in [0.3, 0.4) is 0 Å². The Morgan fingerprint density at radius 1 is 1.05 bits per heavy atom. The van der Waals surface area contributed by atoms with Crippen LogP contribution in [0.25, 0.3) is 0 Å². The standard InChI is InChI=1S/C18H30O2/c1-5-15-10-11-17(16(14-15)18(2,3)4)20-13-9-7-6-8-12-19/h10-11,14,19H,5-9,12-13H2,1-4H3. The van der Waals surface area contributed by atoms with Gasteiger partial charge in [0.1, 0.15) is 5.75 Å². The van der Waals surface area contributed by atoms with Crippen LogP contribution in [-0.4, -0.2) is 18.3 Å². The van der Waals surface area contributed by atoms with Gasteiger partial charge in [0, 0.05) is 6.61 Å². The Kier molecular flexibility index (Phi) is 7.08. The molecule has 0 aliphatic heterocycles. The van der Waals surface area contributed by atoms with E-state index in [2.05, 4.69) is 45.9 Å². The highest BCUT2D eigenvalue weighted by Crippen LogP contribution is 2.32. The van der Waals surface area contributed by atoms with E-state index in [0.717, 1.165) is 44.5 Å². The molecular weight excluding hydrogens is 248 g/mol. The Balaban J connectivity index is 2.60. The topological polar surface area (TPSA) is 29.5 Å². The number of hydrogen-bond donors (Lipinski definition) is 1. The van der Waals surface area contributed by atoms with Crippen molar-refractivity contribution in [3.05, 3.63) is 29.3 Å². The van der Waals surface area contributed by atoms with Crippen LogP contribution in [0.1, 0.15) is 64.5 Å². The second-order valence-electron chi connectivity index (χ2n) is 6.42. The Morgan fingerprint density at radius 2 is 1.75 bits per heavy atom. The fraction of sp³-hybridized carbons (Fsp3) is 0.667. The van der Waals surface area contributed by atoms with Crippen LogP contribution in [0.15, 0.2) is 18.2 Å². The number of hydrogen-bond acceptors (Lipinski definition) is 2. The molecule has 0 aromatic heterocycles. The lowest BCUT2D eigenvalue weighted by Gasteiger charge is -2.23. The minimum absolute atomic E-state index is 0.109. The van der Waals surface area contributed by atoms with E-state index in [4.69, 9.17) is 9.84 Å². The fourth-order valence-electron chi connectivity index (χ4n) is 2.26. The number of aliphatic hydroxyl groups is 1. The molecule has 0 fully saturated rings. The number of unbranched alkanes of at least 4 members (excludes halogenated alkanes) is 3. The summed E-state index contributed by atoms with van der Waals surface area (Å²) in [5.41, 5.74) is 2.77. The summed E-state index contributed by atoms with van der Waals surface area (Å²) in [5.74, 6) is 1.02. The van der Waals surface area contributed by atoms with E-state index in [1.54, 1.807) is 0 Å². The van der Waals surface area contributed by atoms with Crippen molar-refractivity contribution < 1.29 is 9.84 Å². The minimum atomic E-state index is 0.109. The number of benzene rings is 1. The van der Waals surface area contributed by atoms with Crippen LogP contribution in [0.2, 0.25) is 0 Å². The number of aliphatic hydroxyl groups excluding tert-OH is 1. The predicted molar refractivity (Wildman–Crippen MR) is 85.6 cm³/mol. The molecule has 0 aliphatic carbocycles. The molecule has 1 aromatic carbocycles. The first-order valence-corrected chi connectivity index (χ1v) is 7.86. The molecule has 0 saturated carbocycles. The van der Waals surface area contributed by atoms with E-state index in [0.29, 0.717) is 6.61 Å². The van der Waals surface area contributed by atoms with Gasteiger partial charge in [0.2, 0.25) is 0 Å². The van der Waals surface area contributed by atoms with E-state index in [1.807, 2.05) is 0 Å². The normalized spacial score (nSPS) is 11.7. The molecule has 2 heteroatoms. The Labute approximate surface area is 124 Å². The molecule has 0 aliphatic rings. The van der Waals surface area contributed by atoms with Crippen LogP contribution in [0.4, 0.5) is 0 Å². The summed E-state index contributed by atoms with van der Waals surface area (Å²) in [6.45, 7) is 9.94. The SMILES string of the molecule is CCc1ccc(OCCCCCCO)c(C(C)(C)C)c1. The van der Waals surface area contributed by atoms with Crippen molar-refractivity contribution in [2.45, 2.75) is 65.2 Å². The number of aryl methyl sites for hydroxylation is 1. The molecular formula is C18H30O2. The summed E-state index contributed by atoms with van der Waals surface area (Å²) in [6.07, 6.45) is 5.22.